The molecule has 0 aliphatic carbocycles. The number of nitrogens with one attached hydrogen (secondary N) is 1. The van der Waals surface area contributed by atoms with Crippen molar-refractivity contribution in [1.82, 2.24) is 15.2 Å². The number of aromatic nitrogens is 1. The Bertz CT molecular complexity index is 872. The molecule has 2 aromatic rings. The van der Waals surface area contributed by atoms with E-state index in [4.69, 9.17) is 14.5 Å². The Morgan fingerprint density at radius 3 is 2.87 bits per heavy atom. The van der Waals surface area contributed by atoms with Crippen LogP contribution in [0, 0.1) is 0 Å². The lowest BCUT2D eigenvalue weighted by Gasteiger charge is -2.36. The van der Waals surface area contributed by atoms with Crippen LogP contribution in [-0.2, 0) is 11.3 Å². The van der Waals surface area contributed by atoms with E-state index in [1.54, 1.807) is 7.11 Å². The maximum atomic E-state index is 5.73. The van der Waals surface area contributed by atoms with E-state index in [1.165, 1.54) is 16.7 Å². The third-order valence-corrected chi connectivity index (χ3v) is 6.41. The van der Waals surface area contributed by atoms with Crippen LogP contribution in [0.2, 0.25) is 0 Å². The average molecular weight is 425 g/mol. The van der Waals surface area contributed by atoms with Crippen molar-refractivity contribution < 1.29 is 9.47 Å². The predicted octanol–water partition coefficient (Wildman–Crippen LogP) is 3.59. The van der Waals surface area contributed by atoms with Gasteiger partial charge in [0.15, 0.2) is 11.6 Å². The van der Waals surface area contributed by atoms with Crippen LogP contribution in [0.5, 0.6) is 5.75 Å². The summed E-state index contributed by atoms with van der Waals surface area (Å²) < 4.78 is 11.3. The number of nitrogens with zero attached hydrogens (tertiary/aromatic N) is 3. The first-order valence-electron chi connectivity index (χ1n) is 11.5. The third-order valence-electron chi connectivity index (χ3n) is 6.41. The average Bonchev–Trinajstić information content (AvgIpc) is 2.79. The monoisotopic (exact) mass is 424 g/mol. The van der Waals surface area contributed by atoms with Gasteiger partial charge in [-0.25, -0.2) is 4.98 Å². The van der Waals surface area contributed by atoms with Gasteiger partial charge in [-0.3, -0.25) is 4.90 Å². The largest absolute Gasteiger partial charge is 0.493 e. The second-order valence-corrected chi connectivity index (χ2v) is 9.01. The Labute approximate surface area is 186 Å². The van der Waals surface area contributed by atoms with Crippen molar-refractivity contribution >= 4 is 5.82 Å². The fourth-order valence-corrected chi connectivity index (χ4v) is 4.75. The Kier molecular flexibility index (Phi) is 7.10. The normalized spacial score (nSPS) is 22.7. The zero-order chi connectivity index (χ0) is 21.8. The molecule has 0 unspecified atom stereocenters. The molecule has 0 spiro atoms. The van der Waals surface area contributed by atoms with Crippen LogP contribution in [0.25, 0.3) is 0 Å². The minimum Gasteiger partial charge on any atom is -0.493 e. The SMILES string of the molecule is COc1cc(CN2CCN[C@H](c3ccccc3C(C)C)C2)cnc1N1CCOC[C@@H]1C. The van der Waals surface area contributed by atoms with Gasteiger partial charge in [0, 0.05) is 45.0 Å². The molecule has 0 saturated carbocycles. The number of hydrogen-bond acceptors (Lipinski definition) is 6. The topological polar surface area (TPSA) is 49.9 Å². The number of morpholine rings is 1. The van der Waals surface area contributed by atoms with Crippen LogP contribution in [0.1, 0.15) is 49.4 Å². The first-order valence-corrected chi connectivity index (χ1v) is 11.5. The van der Waals surface area contributed by atoms with Gasteiger partial charge < -0.3 is 19.7 Å². The number of hydrogen-bond donors (Lipinski definition) is 1. The van der Waals surface area contributed by atoms with Gasteiger partial charge in [-0.15, -0.1) is 0 Å². The van der Waals surface area contributed by atoms with Gasteiger partial charge in [0.05, 0.1) is 26.4 Å². The molecule has 1 aromatic carbocycles. The molecule has 2 fully saturated rings. The van der Waals surface area contributed by atoms with E-state index in [1.807, 2.05) is 6.20 Å². The van der Waals surface area contributed by atoms with Gasteiger partial charge in [-0.2, -0.15) is 0 Å². The predicted molar refractivity (Wildman–Crippen MR) is 125 cm³/mol. The van der Waals surface area contributed by atoms with E-state index < -0.39 is 0 Å². The second-order valence-electron chi connectivity index (χ2n) is 9.01. The maximum absolute atomic E-state index is 5.73. The number of ether oxygens (including phenoxy) is 2. The Morgan fingerprint density at radius 2 is 2.10 bits per heavy atom. The molecule has 2 aliphatic rings. The van der Waals surface area contributed by atoms with E-state index in [9.17, 15) is 0 Å². The fourth-order valence-electron chi connectivity index (χ4n) is 4.75. The van der Waals surface area contributed by atoms with Gasteiger partial charge in [-0.1, -0.05) is 38.1 Å². The summed E-state index contributed by atoms with van der Waals surface area (Å²) in [5.41, 5.74) is 4.06. The van der Waals surface area contributed by atoms with Crippen LogP contribution in [0.3, 0.4) is 0 Å². The summed E-state index contributed by atoms with van der Waals surface area (Å²) in [5.74, 6) is 2.30. The Morgan fingerprint density at radius 1 is 1.26 bits per heavy atom. The van der Waals surface area contributed by atoms with Crippen LogP contribution in [0.4, 0.5) is 5.82 Å². The number of rotatable bonds is 6. The van der Waals surface area contributed by atoms with Crippen molar-refractivity contribution in [3.05, 3.63) is 53.2 Å². The molecule has 0 amide bonds. The quantitative estimate of drug-likeness (QED) is 0.765. The molecule has 3 heterocycles. The van der Waals surface area contributed by atoms with Crippen LogP contribution >= 0.6 is 0 Å². The minimum absolute atomic E-state index is 0.302. The second kappa shape index (κ2) is 9.98. The third kappa shape index (κ3) is 5.03. The molecule has 6 nitrogen and oxygen atoms in total. The van der Waals surface area contributed by atoms with Crippen LogP contribution < -0.4 is 15.0 Å². The summed E-state index contributed by atoms with van der Waals surface area (Å²) in [6, 6.07) is 11.7. The fraction of sp³-hybridized carbons (Fsp3) is 0.560. The summed E-state index contributed by atoms with van der Waals surface area (Å²) in [4.78, 5) is 9.61. The lowest BCUT2D eigenvalue weighted by Crippen LogP contribution is -2.45. The van der Waals surface area contributed by atoms with E-state index in [0.29, 0.717) is 18.0 Å². The highest BCUT2D eigenvalue weighted by Gasteiger charge is 2.26. The molecule has 1 N–H and O–H groups in total. The summed E-state index contributed by atoms with van der Waals surface area (Å²) in [6.45, 7) is 12.9. The number of benzene rings is 1. The molecule has 0 radical (unpaired) electrons. The van der Waals surface area contributed by atoms with Crippen LogP contribution in [0.15, 0.2) is 36.5 Å². The molecule has 168 valence electrons. The standard InChI is InChI=1S/C25H36N4O2/c1-18(2)21-7-5-6-8-22(21)23-16-28(10-9-26-23)15-20-13-24(30-4)25(27-14-20)29-11-12-31-17-19(29)3/h5-8,13-14,18-19,23,26H,9-12,15-17H2,1-4H3/t19-,23-/m0/s1. The highest BCUT2D eigenvalue weighted by molar-refractivity contribution is 5.54. The van der Waals surface area contributed by atoms with Gasteiger partial charge in [0.25, 0.3) is 0 Å². The van der Waals surface area contributed by atoms with E-state index >= 15 is 0 Å². The molecule has 2 aliphatic heterocycles. The van der Waals surface area contributed by atoms with Crippen molar-refractivity contribution in [2.24, 2.45) is 0 Å². The molecular weight excluding hydrogens is 388 g/mol. The van der Waals surface area contributed by atoms with Crippen molar-refractivity contribution in [2.45, 2.75) is 45.3 Å². The van der Waals surface area contributed by atoms with Crippen molar-refractivity contribution in [3.8, 4) is 5.75 Å². The van der Waals surface area contributed by atoms with Crippen molar-refractivity contribution in [2.75, 3.05) is 51.4 Å². The molecule has 4 rings (SSSR count). The van der Waals surface area contributed by atoms with Gasteiger partial charge >= 0.3 is 0 Å². The zero-order valence-electron chi connectivity index (χ0n) is 19.3. The molecule has 1 aromatic heterocycles. The van der Waals surface area contributed by atoms with Crippen LogP contribution in [-0.4, -0.2) is 62.4 Å². The smallest absolute Gasteiger partial charge is 0.171 e. The highest BCUT2D eigenvalue weighted by Crippen LogP contribution is 2.31. The molecular formula is C25H36N4O2. The number of anilines is 1. The van der Waals surface area contributed by atoms with E-state index in [-0.39, 0.29) is 0 Å². The molecule has 2 atom stereocenters. The molecule has 31 heavy (non-hydrogen) atoms. The maximum Gasteiger partial charge on any atom is 0.171 e. The first kappa shape index (κ1) is 22.1. The highest BCUT2D eigenvalue weighted by atomic mass is 16.5. The number of piperazine rings is 1. The lowest BCUT2D eigenvalue weighted by molar-refractivity contribution is 0.0982. The summed E-state index contributed by atoms with van der Waals surface area (Å²) in [6.07, 6.45) is 2.01. The van der Waals surface area contributed by atoms with Crippen molar-refractivity contribution in [3.63, 3.8) is 0 Å². The first-order chi connectivity index (χ1) is 15.1. The summed E-state index contributed by atoms with van der Waals surface area (Å²) >= 11 is 0. The molecule has 2 saturated heterocycles. The number of pyridine rings is 1. The molecule has 0 bridgehead atoms. The lowest BCUT2D eigenvalue weighted by atomic mass is 9.92. The zero-order valence-corrected chi connectivity index (χ0v) is 19.3. The summed E-state index contributed by atoms with van der Waals surface area (Å²) in [5, 5.41) is 3.73. The van der Waals surface area contributed by atoms with Gasteiger partial charge in [0.2, 0.25) is 0 Å². The van der Waals surface area contributed by atoms with Crippen molar-refractivity contribution in [1.29, 1.82) is 0 Å². The van der Waals surface area contributed by atoms with Gasteiger partial charge in [-0.05, 0) is 35.6 Å². The Balaban J connectivity index is 1.48. The Hall–Kier alpha value is -2.15. The number of methoxy groups -OCH3 is 1. The van der Waals surface area contributed by atoms with E-state index in [0.717, 1.165) is 57.5 Å². The molecule has 6 heteroatoms. The van der Waals surface area contributed by atoms with Gasteiger partial charge in [0.1, 0.15) is 0 Å². The van der Waals surface area contributed by atoms with E-state index in [2.05, 4.69) is 66.2 Å². The summed E-state index contributed by atoms with van der Waals surface area (Å²) in [7, 11) is 1.74. The minimum atomic E-state index is 0.302.